The van der Waals surface area contributed by atoms with Crippen molar-refractivity contribution in [3.05, 3.63) is 18.6 Å². The number of unbranched alkanes of at least 4 members (excludes halogenated alkanes) is 1. The Morgan fingerprint density at radius 3 is 3.00 bits per heavy atom. The number of nitrogens with zero attached hydrogens (tertiary/aromatic N) is 2. The van der Waals surface area contributed by atoms with E-state index in [1.807, 2.05) is 6.07 Å². The van der Waals surface area contributed by atoms with Gasteiger partial charge in [-0.15, -0.1) is 11.8 Å². The summed E-state index contributed by atoms with van der Waals surface area (Å²) >= 11 is 1.78. The number of rotatable bonds is 6. The number of hydrogen-bond acceptors (Lipinski definition) is 4. The molecular weight excluding hydrogens is 194 g/mol. The minimum Gasteiger partial charge on any atom is -0.328 e. The lowest BCUT2D eigenvalue weighted by molar-refractivity contribution is 0.618. The van der Waals surface area contributed by atoms with Crippen LogP contribution in [0.2, 0.25) is 0 Å². The first-order valence-corrected chi connectivity index (χ1v) is 5.92. The van der Waals surface area contributed by atoms with Crippen molar-refractivity contribution < 1.29 is 0 Å². The Morgan fingerprint density at radius 2 is 2.36 bits per heavy atom. The Balaban J connectivity index is 2.05. The van der Waals surface area contributed by atoms with Gasteiger partial charge in [0.1, 0.15) is 6.33 Å². The lowest BCUT2D eigenvalue weighted by atomic mass is 10.2. The summed E-state index contributed by atoms with van der Waals surface area (Å²) in [6.07, 6.45) is 6.89. The predicted molar refractivity (Wildman–Crippen MR) is 60.3 cm³/mol. The largest absolute Gasteiger partial charge is 0.328 e. The van der Waals surface area contributed by atoms with Gasteiger partial charge in [0.15, 0.2) is 0 Å². The van der Waals surface area contributed by atoms with E-state index in [1.165, 1.54) is 12.8 Å². The molecule has 1 heterocycles. The SMILES string of the molecule is CC(N)CCCCSc1ccncn1. The normalized spacial score (nSPS) is 12.7. The van der Waals surface area contributed by atoms with E-state index in [2.05, 4.69) is 16.9 Å². The summed E-state index contributed by atoms with van der Waals surface area (Å²) < 4.78 is 0. The minimum absolute atomic E-state index is 0.332. The van der Waals surface area contributed by atoms with Gasteiger partial charge in [-0.3, -0.25) is 0 Å². The van der Waals surface area contributed by atoms with Crippen LogP contribution in [0.4, 0.5) is 0 Å². The zero-order valence-corrected chi connectivity index (χ0v) is 9.33. The van der Waals surface area contributed by atoms with Crippen molar-refractivity contribution in [2.75, 3.05) is 5.75 Å². The van der Waals surface area contributed by atoms with Crippen molar-refractivity contribution in [2.24, 2.45) is 5.73 Å². The van der Waals surface area contributed by atoms with E-state index in [0.717, 1.165) is 17.2 Å². The molecule has 1 aromatic heterocycles. The molecule has 1 aromatic rings. The maximum Gasteiger partial charge on any atom is 0.116 e. The standard InChI is InChI=1S/C10H17N3S/c1-9(11)4-2-3-7-14-10-5-6-12-8-13-10/h5-6,8-9H,2-4,7,11H2,1H3. The summed E-state index contributed by atoms with van der Waals surface area (Å²) in [6.45, 7) is 2.05. The molecular formula is C10H17N3S. The Bertz CT molecular complexity index is 238. The van der Waals surface area contributed by atoms with Crippen LogP contribution >= 0.6 is 11.8 Å². The molecule has 1 unspecified atom stereocenters. The van der Waals surface area contributed by atoms with Gasteiger partial charge in [0.25, 0.3) is 0 Å². The molecule has 0 spiro atoms. The summed E-state index contributed by atoms with van der Waals surface area (Å²) in [6, 6.07) is 2.27. The Morgan fingerprint density at radius 1 is 1.50 bits per heavy atom. The number of aromatic nitrogens is 2. The molecule has 0 amide bonds. The van der Waals surface area contributed by atoms with E-state index in [4.69, 9.17) is 5.73 Å². The topological polar surface area (TPSA) is 51.8 Å². The van der Waals surface area contributed by atoms with Crippen LogP contribution in [-0.2, 0) is 0 Å². The fraction of sp³-hybridized carbons (Fsp3) is 0.600. The predicted octanol–water partition coefficient (Wildman–Crippen LogP) is 2.09. The van der Waals surface area contributed by atoms with E-state index >= 15 is 0 Å². The molecule has 14 heavy (non-hydrogen) atoms. The van der Waals surface area contributed by atoms with Crippen LogP contribution in [0.5, 0.6) is 0 Å². The second-order valence-corrected chi connectivity index (χ2v) is 4.48. The summed E-state index contributed by atoms with van der Waals surface area (Å²) in [5.74, 6) is 1.11. The second-order valence-electron chi connectivity index (χ2n) is 3.37. The third-order valence-corrected chi connectivity index (χ3v) is 2.89. The molecule has 0 fully saturated rings. The Hall–Kier alpha value is -0.610. The van der Waals surface area contributed by atoms with Gasteiger partial charge in [-0.05, 0) is 31.6 Å². The highest BCUT2D eigenvalue weighted by molar-refractivity contribution is 7.99. The minimum atomic E-state index is 0.332. The highest BCUT2D eigenvalue weighted by Gasteiger charge is 1.96. The first kappa shape index (κ1) is 11.5. The van der Waals surface area contributed by atoms with Gasteiger partial charge in [0.2, 0.25) is 0 Å². The average Bonchev–Trinajstić information content (AvgIpc) is 2.18. The monoisotopic (exact) mass is 211 g/mol. The molecule has 0 radical (unpaired) electrons. The third-order valence-electron chi connectivity index (χ3n) is 1.86. The number of thioether (sulfide) groups is 1. The zero-order valence-electron chi connectivity index (χ0n) is 8.52. The van der Waals surface area contributed by atoms with Gasteiger partial charge in [0, 0.05) is 12.2 Å². The quantitative estimate of drug-likeness (QED) is 0.445. The lowest BCUT2D eigenvalue weighted by Crippen LogP contribution is -2.13. The number of hydrogen-bond donors (Lipinski definition) is 1. The molecule has 0 aliphatic heterocycles. The molecule has 3 nitrogen and oxygen atoms in total. The summed E-state index contributed by atoms with van der Waals surface area (Å²) in [7, 11) is 0. The van der Waals surface area contributed by atoms with Crippen LogP contribution in [0.15, 0.2) is 23.6 Å². The second kappa shape index (κ2) is 6.79. The van der Waals surface area contributed by atoms with Gasteiger partial charge in [-0.25, -0.2) is 9.97 Å². The molecule has 1 atom stereocenters. The first-order chi connectivity index (χ1) is 6.79. The van der Waals surface area contributed by atoms with Crippen molar-refractivity contribution >= 4 is 11.8 Å². The van der Waals surface area contributed by atoms with Crippen molar-refractivity contribution in [1.29, 1.82) is 0 Å². The summed E-state index contributed by atoms with van der Waals surface area (Å²) in [4.78, 5) is 8.01. The van der Waals surface area contributed by atoms with Gasteiger partial charge < -0.3 is 5.73 Å². The summed E-state index contributed by atoms with van der Waals surface area (Å²) in [5.41, 5.74) is 5.66. The average molecular weight is 211 g/mol. The van der Waals surface area contributed by atoms with E-state index in [-0.39, 0.29) is 0 Å². The van der Waals surface area contributed by atoms with Crippen LogP contribution in [0.25, 0.3) is 0 Å². The molecule has 0 aliphatic carbocycles. The molecule has 2 N–H and O–H groups in total. The molecule has 0 saturated heterocycles. The van der Waals surface area contributed by atoms with Crippen LogP contribution in [0.3, 0.4) is 0 Å². The molecule has 78 valence electrons. The van der Waals surface area contributed by atoms with Gasteiger partial charge in [-0.1, -0.05) is 6.42 Å². The van der Waals surface area contributed by atoms with Crippen LogP contribution in [0.1, 0.15) is 26.2 Å². The highest BCUT2D eigenvalue weighted by atomic mass is 32.2. The van der Waals surface area contributed by atoms with Crippen LogP contribution in [0, 0.1) is 0 Å². The smallest absolute Gasteiger partial charge is 0.116 e. The van der Waals surface area contributed by atoms with Gasteiger partial charge in [0.05, 0.1) is 5.03 Å². The maximum atomic E-state index is 5.66. The van der Waals surface area contributed by atoms with Crippen molar-refractivity contribution in [3.8, 4) is 0 Å². The van der Waals surface area contributed by atoms with Crippen molar-refractivity contribution in [3.63, 3.8) is 0 Å². The molecule has 0 aliphatic rings. The van der Waals surface area contributed by atoms with Crippen molar-refractivity contribution in [2.45, 2.75) is 37.3 Å². The Labute approximate surface area is 89.5 Å². The van der Waals surface area contributed by atoms with Crippen molar-refractivity contribution in [1.82, 2.24) is 9.97 Å². The summed E-state index contributed by atoms with van der Waals surface area (Å²) in [5, 5.41) is 1.06. The molecule has 1 rings (SSSR count). The van der Waals surface area contributed by atoms with E-state index in [9.17, 15) is 0 Å². The van der Waals surface area contributed by atoms with Crippen LogP contribution < -0.4 is 5.73 Å². The fourth-order valence-electron chi connectivity index (χ4n) is 1.11. The fourth-order valence-corrected chi connectivity index (χ4v) is 1.95. The molecule has 0 saturated carbocycles. The third kappa shape index (κ3) is 5.19. The zero-order chi connectivity index (χ0) is 10.2. The van der Waals surface area contributed by atoms with E-state index in [0.29, 0.717) is 6.04 Å². The molecule has 0 aromatic carbocycles. The number of nitrogens with two attached hydrogens (primary N) is 1. The Kier molecular flexibility index (Phi) is 5.56. The maximum absolute atomic E-state index is 5.66. The first-order valence-electron chi connectivity index (χ1n) is 4.93. The van der Waals surface area contributed by atoms with Crippen LogP contribution in [-0.4, -0.2) is 21.8 Å². The van der Waals surface area contributed by atoms with E-state index < -0.39 is 0 Å². The van der Waals surface area contributed by atoms with Gasteiger partial charge >= 0.3 is 0 Å². The molecule has 4 heteroatoms. The van der Waals surface area contributed by atoms with Gasteiger partial charge in [-0.2, -0.15) is 0 Å². The molecule has 0 bridgehead atoms. The highest BCUT2D eigenvalue weighted by Crippen LogP contribution is 2.15. The lowest BCUT2D eigenvalue weighted by Gasteiger charge is -2.03. The van der Waals surface area contributed by atoms with E-state index in [1.54, 1.807) is 24.3 Å².